The molecule has 2 aromatic rings. The van der Waals surface area contributed by atoms with Crippen LogP contribution in [0.15, 0.2) is 48.2 Å². The van der Waals surface area contributed by atoms with Crippen LogP contribution in [0.2, 0.25) is 5.02 Å². The summed E-state index contributed by atoms with van der Waals surface area (Å²) in [5.74, 6) is 0.183. The summed E-state index contributed by atoms with van der Waals surface area (Å²) < 4.78 is 5.50. The molecule has 0 spiro atoms. The Bertz CT molecular complexity index is 938. The third-order valence-electron chi connectivity index (χ3n) is 4.59. The molecule has 1 aliphatic heterocycles. The summed E-state index contributed by atoms with van der Waals surface area (Å²) >= 11 is 5.98. The molecule has 28 heavy (non-hydrogen) atoms. The Kier molecular flexibility index (Phi) is 5.90. The molecule has 1 fully saturated rings. The maximum absolute atomic E-state index is 12.8. The van der Waals surface area contributed by atoms with Gasteiger partial charge in [-0.25, -0.2) is 9.69 Å². The van der Waals surface area contributed by atoms with Gasteiger partial charge in [0, 0.05) is 35.4 Å². The predicted octanol–water partition coefficient (Wildman–Crippen LogP) is 4.29. The Hall–Kier alpha value is -2.99. The average Bonchev–Trinajstić information content (AvgIpc) is 2.97. The Labute approximate surface area is 169 Å². The molecule has 0 bridgehead atoms. The van der Waals surface area contributed by atoms with Crippen LogP contribution in [-0.4, -0.2) is 32.1 Å². The molecule has 0 atom stereocenters. The molecular formula is C21H22ClN3O3. The molecule has 0 unspecified atom stereocenters. The molecule has 0 radical (unpaired) electrons. The van der Waals surface area contributed by atoms with E-state index < -0.39 is 11.9 Å². The molecule has 1 heterocycles. The van der Waals surface area contributed by atoms with Crippen LogP contribution in [0.4, 0.5) is 16.2 Å². The zero-order valence-corrected chi connectivity index (χ0v) is 16.8. The van der Waals surface area contributed by atoms with Gasteiger partial charge < -0.3 is 15.0 Å². The van der Waals surface area contributed by atoms with Crippen molar-refractivity contribution in [1.82, 2.24) is 5.32 Å². The van der Waals surface area contributed by atoms with Crippen LogP contribution in [0.25, 0.3) is 6.08 Å². The van der Waals surface area contributed by atoms with Crippen molar-refractivity contribution >= 4 is 41.0 Å². The van der Waals surface area contributed by atoms with Crippen molar-refractivity contribution in [3.63, 3.8) is 0 Å². The predicted molar refractivity (Wildman–Crippen MR) is 112 cm³/mol. The summed E-state index contributed by atoms with van der Waals surface area (Å²) in [5, 5.41) is 3.07. The molecule has 146 valence electrons. The highest BCUT2D eigenvalue weighted by molar-refractivity contribution is 6.32. The number of amides is 3. The lowest BCUT2D eigenvalue weighted by atomic mass is 10.1. The number of carbonyl (C=O) groups excluding carboxylic acids is 2. The van der Waals surface area contributed by atoms with E-state index in [0.717, 1.165) is 23.7 Å². The zero-order valence-electron chi connectivity index (χ0n) is 16.0. The lowest BCUT2D eigenvalue weighted by Crippen LogP contribution is -2.30. The van der Waals surface area contributed by atoms with Crippen molar-refractivity contribution in [1.29, 1.82) is 0 Å². The summed E-state index contributed by atoms with van der Waals surface area (Å²) in [6.07, 6.45) is 1.62. The van der Waals surface area contributed by atoms with Gasteiger partial charge in [-0.15, -0.1) is 0 Å². The highest BCUT2D eigenvalue weighted by atomic mass is 35.5. The van der Waals surface area contributed by atoms with Crippen molar-refractivity contribution in [2.24, 2.45) is 0 Å². The third-order valence-corrected chi connectivity index (χ3v) is 4.83. The molecule has 2 aromatic carbocycles. The maximum Gasteiger partial charge on any atom is 0.333 e. The van der Waals surface area contributed by atoms with Gasteiger partial charge in [0.15, 0.2) is 0 Å². The van der Waals surface area contributed by atoms with Gasteiger partial charge in [0.1, 0.15) is 11.4 Å². The number of benzene rings is 2. The minimum Gasteiger partial charge on any atom is -0.496 e. The van der Waals surface area contributed by atoms with Gasteiger partial charge in [-0.3, -0.25) is 4.79 Å². The standard InChI is InChI=1S/C21H22ClN3O3/c1-4-24(5-2)16-10-9-14(19(13-16)28-3)11-18-20(26)25(21(27)23-18)17-8-6-7-15(22)12-17/h6-13H,4-5H2,1-3H3,(H,23,27). The van der Waals surface area contributed by atoms with Gasteiger partial charge in [-0.2, -0.15) is 0 Å². The molecule has 3 rings (SSSR count). The number of rotatable bonds is 6. The van der Waals surface area contributed by atoms with E-state index in [4.69, 9.17) is 16.3 Å². The number of hydrogen-bond donors (Lipinski definition) is 1. The van der Waals surface area contributed by atoms with Crippen molar-refractivity contribution in [3.8, 4) is 5.75 Å². The summed E-state index contributed by atoms with van der Waals surface area (Å²) in [6.45, 7) is 5.93. The second-order valence-electron chi connectivity index (χ2n) is 6.21. The average molecular weight is 400 g/mol. The van der Waals surface area contributed by atoms with E-state index in [0.29, 0.717) is 22.0 Å². The Morgan fingerprint density at radius 1 is 1.14 bits per heavy atom. The van der Waals surface area contributed by atoms with Crippen LogP contribution >= 0.6 is 11.6 Å². The molecule has 6 nitrogen and oxygen atoms in total. The van der Waals surface area contributed by atoms with E-state index >= 15 is 0 Å². The summed E-state index contributed by atoms with van der Waals surface area (Å²) in [6, 6.07) is 11.9. The van der Waals surface area contributed by atoms with E-state index in [2.05, 4.69) is 24.1 Å². The Morgan fingerprint density at radius 3 is 2.54 bits per heavy atom. The van der Waals surface area contributed by atoms with Crippen molar-refractivity contribution in [2.45, 2.75) is 13.8 Å². The Morgan fingerprint density at radius 2 is 1.89 bits per heavy atom. The second kappa shape index (κ2) is 8.35. The number of halogens is 1. The van der Waals surface area contributed by atoms with Gasteiger partial charge in [0.25, 0.3) is 5.91 Å². The normalized spacial score (nSPS) is 15.1. The fourth-order valence-corrected chi connectivity index (χ4v) is 3.33. The first-order valence-electron chi connectivity index (χ1n) is 9.04. The highest BCUT2D eigenvalue weighted by Crippen LogP contribution is 2.29. The van der Waals surface area contributed by atoms with E-state index in [1.54, 1.807) is 37.5 Å². The summed E-state index contributed by atoms with van der Waals surface area (Å²) in [4.78, 5) is 28.4. The van der Waals surface area contributed by atoms with Crippen LogP contribution in [0, 0.1) is 0 Å². The molecular weight excluding hydrogens is 378 g/mol. The first-order valence-corrected chi connectivity index (χ1v) is 9.42. The third kappa shape index (κ3) is 3.82. The Balaban J connectivity index is 1.93. The van der Waals surface area contributed by atoms with Crippen LogP contribution < -0.4 is 19.9 Å². The minimum absolute atomic E-state index is 0.180. The van der Waals surface area contributed by atoms with Crippen LogP contribution in [-0.2, 0) is 4.79 Å². The molecule has 0 aliphatic carbocycles. The zero-order chi connectivity index (χ0) is 20.3. The number of imide groups is 1. The SMILES string of the molecule is CCN(CC)c1ccc(C=C2NC(=O)N(c3cccc(Cl)c3)C2=O)c(OC)c1. The molecule has 3 amide bonds. The highest BCUT2D eigenvalue weighted by Gasteiger charge is 2.35. The van der Waals surface area contributed by atoms with Crippen LogP contribution in [0.1, 0.15) is 19.4 Å². The van der Waals surface area contributed by atoms with Crippen molar-refractivity contribution in [2.75, 3.05) is 30.0 Å². The van der Waals surface area contributed by atoms with E-state index in [9.17, 15) is 9.59 Å². The molecule has 1 saturated heterocycles. The number of ether oxygens (including phenoxy) is 1. The van der Waals surface area contributed by atoms with Gasteiger partial charge in [0.2, 0.25) is 0 Å². The van der Waals surface area contributed by atoms with Gasteiger partial charge in [0.05, 0.1) is 12.8 Å². The molecule has 0 saturated carbocycles. The lowest BCUT2D eigenvalue weighted by Gasteiger charge is -2.22. The maximum atomic E-state index is 12.8. The summed E-state index contributed by atoms with van der Waals surface area (Å²) in [5.41, 5.74) is 2.34. The van der Waals surface area contributed by atoms with Gasteiger partial charge >= 0.3 is 6.03 Å². The van der Waals surface area contributed by atoms with Crippen molar-refractivity contribution in [3.05, 3.63) is 58.7 Å². The van der Waals surface area contributed by atoms with Crippen molar-refractivity contribution < 1.29 is 14.3 Å². The molecule has 1 aliphatic rings. The number of anilines is 2. The first kappa shape index (κ1) is 19.8. The van der Waals surface area contributed by atoms with Gasteiger partial charge in [-0.1, -0.05) is 17.7 Å². The quantitative estimate of drug-likeness (QED) is 0.581. The summed E-state index contributed by atoms with van der Waals surface area (Å²) in [7, 11) is 1.58. The monoisotopic (exact) mass is 399 g/mol. The van der Waals surface area contributed by atoms with E-state index in [-0.39, 0.29) is 5.70 Å². The molecule has 0 aromatic heterocycles. The van der Waals surface area contributed by atoms with Crippen LogP contribution in [0.5, 0.6) is 5.75 Å². The number of hydrogen-bond acceptors (Lipinski definition) is 4. The van der Waals surface area contributed by atoms with E-state index in [1.807, 2.05) is 18.2 Å². The molecule has 1 N–H and O–H groups in total. The largest absolute Gasteiger partial charge is 0.496 e. The first-order chi connectivity index (χ1) is 13.5. The number of urea groups is 1. The topological polar surface area (TPSA) is 61.9 Å². The lowest BCUT2D eigenvalue weighted by molar-refractivity contribution is -0.113. The second-order valence-corrected chi connectivity index (χ2v) is 6.64. The number of nitrogens with zero attached hydrogens (tertiary/aromatic N) is 2. The van der Waals surface area contributed by atoms with E-state index in [1.165, 1.54) is 0 Å². The number of carbonyl (C=O) groups is 2. The fourth-order valence-electron chi connectivity index (χ4n) is 3.14. The number of nitrogens with one attached hydrogen (secondary N) is 1. The smallest absolute Gasteiger partial charge is 0.333 e. The number of methoxy groups -OCH3 is 1. The van der Waals surface area contributed by atoms with Crippen LogP contribution in [0.3, 0.4) is 0 Å². The molecule has 7 heteroatoms. The fraction of sp³-hybridized carbons (Fsp3) is 0.238. The minimum atomic E-state index is -0.516. The van der Waals surface area contributed by atoms with Gasteiger partial charge in [-0.05, 0) is 50.3 Å².